The number of phenols is 1. The third kappa shape index (κ3) is 6.27. The molecule has 2 aliphatic heterocycles. The summed E-state index contributed by atoms with van der Waals surface area (Å²) in [5, 5.41) is 14.1. The number of hydrogen-bond donors (Lipinski definition) is 3. The number of likely N-dealkylation sites (tertiary alicyclic amines) is 1. The van der Waals surface area contributed by atoms with Crippen LogP contribution in [0.4, 0.5) is 0 Å². The monoisotopic (exact) mass is 489 g/mol. The molecule has 3 heterocycles. The Morgan fingerprint density at radius 1 is 1.03 bits per heavy atom. The zero-order chi connectivity index (χ0) is 24.9. The lowest BCUT2D eigenvalue weighted by atomic mass is 9.87. The Balaban J connectivity index is 1.20. The molecule has 2 aromatic carbocycles. The predicted octanol–water partition coefficient (Wildman–Crippen LogP) is 2.92. The van der Waals surface area contributed by atoms with E-state index in [1.165, 1.54) is 16.5 Å². The van der Waals surface area contributed by atoms with Crippen LogP contribution in [0.15, 0.2) is 54.7 Å². The number of phenolic OH excluding ortho intramolecular Hbond substituents is 1. The Morgan fingerprint density at radius 2 is 1.81 bits per heavy atom. The zero-order valence-corrected chi connectivity index (χ0v) is 21.3. The molecular weight excluding hydrogens is 450 g/mol. The van der Waals surface area contributed by atoms with Gasteiger partial charge < -0.3 is 25.2 Å². The molecule has 3 aromatic rings. The van der Waals surface area contributed by atoms with Gasteiger partial charge in [-0.05, 0) is 55.1 Å². The van der Waals surface area contributed by atoms with Gasteiger partial charge >= 0.3 is 0 Å². The molecule has 0 saturated carbocycles. The fourth-order valence-corrected chi connectivity index (χ4v) is 5.81. The minimum atomic E-state index is -0.00343. The van der Waals surface area contributed by atoms with E-state index in [0.717, 1.165) is 70.7 Å². The minimum absolute atomic E-state index is 0.00343. The number of aromatic nitrogens is 1. The molecule has 192 valence electrons. The van der Waals surface area contributed by atoms with E-state index in [-0.39, 0.29) is 17.6 Å². The summed E-state index contributed by atoms with van der Waals surface area (Å²) in [6.45, 7) is 8.73. The van der Waals surface area contributed by atoms with E-state index in [9.17, 15) is 9.90 Å². The van der Waals surface area contributed by atoms with Crippen molar-refractivity contribution in [3.05, 3.63) is 65.9 Å². The number of piperazine rings is 1. The van der Waals surface area contributed by atoms with Crippen LogP contribution in [-0.2, 0) is 17.8 Å². The largest absolute Gasteiger partial charge is 0.508 e. The molecule has 7 heteroatoms. The highest BCUT2D eigenvalue weighted by atomic mass is 16.3. The quantitative estimate of drug-likeness (QED) is 0.454. The fraction of sp³-hybridized carbons (Fsp3) is 0.483. The summed E-state index contributed by atoms with van der Waals surface area (Å²) in [5.74, 6) is 0.936. The minimum Gasteiger partial charge on any atom is -0.508 e. The van der Waals surface area contributed by atoms with Crippen molar-refractivity contribution in [3.63, 3.8) is 0 Å². The molecule has 3 N–H and O–H groups in total. The van der Waals surface area contributed by atoms with Gasteiger partial charge in [-0.2, -0.15) is 0 Å². The maximum absolute atomic E-state index is 13.3. The predicted molar refractivity (Wildman–Crippen MR) is 144 cm³/mol. The number of nitrogens with one attached hydrogen (secondary N) is 2. The molecule has 0 radical (unpaired) electrons. The lowest BCUT2D eigenvalue weighted by Gasteiger charge is -2.41. The van der Waals surface area contributed by atoms with Crippen LogP contribution in [0.3, 0.4) is 0 Å². The second kappa shape index (κ2) is 11.5. The summed E-state index contributed by atoms with van der Waals surface area (Å²) < 4.78 is 0. The van der Waals surface area contributed by atoms with Gasteiger partial charge in [0.25, 0.3) is 0 Å². The molecule has 0 bridgehead atoms. The van der Waals surface area contributed by atoms with Crippen LogP contribution in [0.5, 0.6) is 5.75 Å². The highest BCUT2D eigenvalue weighted by Crippen LogP contribution is 2.26. The smallest absolute Gasteiger partial charge is 0.224 e. The lowest BCUT2D eigenvalue weighted by molar-refractivity contribution is -0.127. The van der Waals surface area contributed by atoms with E-state index in [4.69, 9.17) is 0 Å². The summed E-state index contributed by atoms with van der Waals surface area (Å²) >= 11 is 0. The number of fused-ring (bicyclic) bond motifs is 1. The molecule has 7 nitrogen and oxygen atoms in total. The van der Waals surface area contributed by atoms with Gasteiger partial charge in [0.05, 0.1) is 5.92 Å². The normalized spacial score (nSPS) is 22.1. The van der Waals surface area contributed by atoms with Crippen LogP contribution in [0.25, 0.3) is 10.9 Å². The van der Waals surface area contributed by atoms with E-state index in [1.807, 2.05) is 18.2 Å². The SMILES string of the molecule is CN1CCN(C[C@H]2C[C@@H](C(=O)NCCc3c[nH]c4ccccc34)CN(Cc3ccc(O)cc3)C2)CC1. The Hall–Kier alpha value is -2.87. The van der Waals surface area contributed by atoms with Crippen LogP contribution >= 0.6 is 0 Å². The van der Waals surface area contributed by atoms with Crippen molar-refractivity contribution in [2.24, 2.45) is 11.8 Å². The van der Waals surface area contributed by atoms with Crippen LogP contribution < -0.4 is 5.32 Å². The van der Waals surface area contributed by atoms with E-state index in [2.05, 4.69) is 56.4 Å². The molecule has 36 heavy (non-hydrogen) atoms. The van der Waals surface area contributed by atoms with Crippen molar-refractivity contribution < 1.29 is 9.90 Å². The van der Waals surface area contributed by atoms with Gasteiger partial charge in [0.15, 0.2) is 0 Å². The summed E-state index contributed by atoms with van der Waals surface area (Å²) in [7, 11) is 2.19. The number of aromatic amines is 1. The zero-order valence-electron chi connectivity index (χ0n) is 21.3. The molecule has 5 rings (SSSR count). The highest BCUT2D eigenvalue weighted by molar-refractivity contribution is 5.83. The van der Waals surface area contributed by atoms with Crippen molar-refractivity contribution in [1.29, 1.82) is 0 Å². The molecule has 0 aliphatic carbocycles. The van der Waals surface area contributed by atoms with Crippen LogP contribution in [-0.4, -0.2) is 90.1 Å². The van der Waals surface area contributed by atoms with Crippen LogP contribution in [0.1, 0.15) is 17.5 Å². The third-order valence-corrected chi connectivity index (χ3v) is 7.81. The first-order chi connectivity index (χ1) is 17.5. The van der Waals surface area contributed by atoms with E-state index in [0.29, 0.717) is 12.5 Å². The van der Waals surface area contributed by atoms with Gasteiger partial charge in [0, 0.05) is 76.0 Å². The first-order valence-electron chi connectivity index (χ1n) is 13.3. The highest BCUT2D eigenvalue weighted by Gasteiger charge is 2.33. The number of likely N-dealkylation sites (N-methyl/N-ethyl adjacent to an activating group) is 1. The van der Waals surface area contributed by atoms with Gasteiger partial charge in [0.2, 0.25) is 5.91 Å². The average Bonchev–Trinajstić information content (AvgIpc) is 3.30. The molecule has 1 aromatic heterocycles. The maximum Gasteiger partial charge on any atom is 0.224 e. The maximum atomic E-state index is 13.3. The number of H-pyrrole nitrogens is 1. The number of piperidine rings is 1. The summed E-state index contributed by atoms with van der Waals surface area (Å²) in [6.07, 6.45) is 3.82. The van der Waals surface area contributed by atoms with Crippen LogP contribution in [0.2, 0.25) is 0 Å². The Labute approximate surface area is 214 Å². The fourth-order valence-electron chi connectivity index (χ4n) is 5.81. The van der Waals surface area contributed by atoms with Crippen molar-refractivity contribution in [1.82, 2.24) is 25.0 Å². The number of para-hydroxylation sites is 1. The summed E-state index contributed by atoms with van der Waals surface area (Å²) in [5.41, 5.74) is 3.56. The van der Waals surface area contributed by atoms with Gasteiger partial charge in [0.1, 0.15) is 5.75 Å². The van der Waals surface area contributed by atoms with E-state index < -0.39 is 0 Å². The second-order valence-corrected chi connectivity index (χ2v) is 10.7. The number of hydrogen-bond acceptors (Lipinski definition) is 5. The Bertz CT molecular complexity index is 1140. The standard InChI is InChI=1S/C29H39N5O2/c1-32-12-14-33(15-13-32)19-23-16-25(21-34(20-23)18-22-6-8-26(35)9-7-22)29(36)30-11-10-24-17-31-28-5-3-2-4-27(24)28/h2-9,17,23,25,31,35H,10-16,18-21H2,1H3,(H,30,36)/t23-,25-/m1/s1. The van der Waals surface area contributed by atoms with Gasteiger partial charge in [-0.3, -0.25) is 9.69 Å². The average molecular weight is 490 g/mol. The first-order valence-corrected chi connectivity index (χ1v) is 13.3. The number of carbonyl (C=O) groups excluding carboxylic acids is 1. The third-order valence-electron chi connectivity index (χ3n) is 7.81. The summed E-state index contributed by atoms with van der Waals surface area (Å²) in [4.78, 5) is 24.0. The van der Waals surface area contributed by atoms with E-state index in [1.54, 1.807) is 12.1 Å². The van der Waals surface area contributed by atoms with Crippen molar-refractivity contribution in [3.8, 4) is 5.75 Å². The van der Waals surface area contributed by atoms with Gasteiger partial charge in [-0.1, -0.05) is 30.3 Å². The summed E-state index contributed by atoms with van der Waals surface area (Å²) in [6, 6.07) is 15.8. The molecule has 2 aliphatic rings. The Kier molecular flexibility index (Phi) is 7.90. The number of amides is 1. The molecular formula is C29H39N5O2. The molecule has 0 spiro atoms. The lowest BCUT2D eigenvalue weighted by Crippen LogP contribution is -2.51. The number of rotatable bonds is 8. The molecule has 0 unspecified atom stereocenters. The number of carbonyl (C=O) groups is 1. The van der Waals surface area contributed by atoms with Crippen molar-refractivity contribution >= 4 is 16.8 Å². The number of aromatic hydroxyl groups is 1. The van der Waals surface area contributed by atoms with Gasteiger partial charge in [-0.15, -0.1) is 0 Å². The first kappa shape index (κ1) is 24.8. The van der Waals surface area contributed by atoms with Gasteiger partial charge in [-0.25, -0.2) is 0 Å². The molecule has 2 saturated heterocycles. The molecule has 1 amide bonds. The molecule has 2 fully saturated rings. The Morgan fingerprint density at radius 3 is 2.61 bits per heavy atom. The van der Waals surface area contributed by atoms with E-state index >= 15 is 0 Å². The molecule has 2 atom stereocenters. The van der Waals surface area contributed by atoms with Crippen LogP contribution in [0, 0.1) is 11.8 Å². The topological polar surface area (TPSA) is 74.8 Å². The van der Waals surface area contributed by atoms with Crippen molar-refractivity contribution in [2.45, 2.75) is 19.4 Å². The number of benzene rings is 2. The second-order valence-electron chi connectivity index (χ2n) is 10.7. The number of nitrogens with zero attached hydrogens (tertiary/aromatic N) is 3. The van der Waals surface area contributed by atoms with Crippen molar-refractivity contribution in [2.75, 3.05) is 59.4 Å².